The first-order valence-corrected chi connectivity index (χ1v) is 8.21. The molecule has 2 rings (SSSR count). The van der Waals surface area contributed by atoms with Gasteiger partial charge in [-0.3, -0.25) is 4.79 Å². The Kier molecular flexibility index (Phi) is 6.62. The lowest BCUT2D eigenvalue weighted by Crippen LogP contribution is -2.28. The summed E-state index contributed by atoms with van der Waals surface area (Å²) in [5.74, 6) is -0.0295. The molecule has 0 radical (unpaired) electrons. The first-order chi connectivity index (χ1) is 10.7. The fourth-order valence-corrected chi connectivity index (χ4v) is 2.73. The lowest BCUT2D eigenvalue weighted by molar-refractivity contribution is 0.0951. The van der Waals surface area contributed by atoms with Crippen molar-refractivity contribution in [3.8, 4) is 0 Å². The fraction of sp³-hybridized carbons (Fsp3) is 0.278. The van der Waals surface area contributed by atoms with Gasteiger partial charge in [-0.1, -0.05) is 42.5 Å². The number of rotatable bonds is 7. The van der Waals surface area contributed by atoms with Gasteiger partial charge in [-0.05, 0) is 53.6 Å². The first kappa shape index (κ1) is 16.7. The lowest BCUT2D eigenvalue weighted by Gasteiger charge is -2.16. The number of halogens is 1. The summed E-state index contributed by atoms with van der Waals surface area (Å²) in [5.41, 5.74) is 1.99. The molecular formula is C18H21BrN2O. The molecule has 0 spiro atoms. The summed E-state index contributed by atoms with van der Waals surface area (Å²) < 4.78 is 0.827. The Morgan fingerprint density at radius 2 is 1.77 bits per heavy atom. The Hall–Kier alpha value is -1.65. The molecule has 0 fully saturated rings. The number of nitrogens with one attached hydrogen (secondary N) is 1. The molecule has 2 aromatic rings. The summed E-state index contributed by atoms with van der Waals surface area (Å²) in [5, 5.41) is 2.96. The van der Waals surface area contributed by atoms with Crippen LogP contribution in [0.2, 0.25) is 0 Å². The maximum atomic E-state index is 12.0. The molecule has 0 saturated carbocycles. The highest BCUT2D eigenvalue weighted by molar-refractivity contribution is 9.10. The van der Waals surface area contributed by atoms with Crippen molar-refractivity contribution in [2.75, 3.05) is 20.1 Å². The first-order valence-electron chi connectivity index (χ1n) is 7.42. The maximum absolute atomic E-state index is 12.0. The van der Waals surface area contributed by atoms with Gasteiger partial charge < -0.3 is 10.2 Å². The number of nitrogens with zero attached hydrogens (tertiary/aromatic N) is 1. The topological polar surface area (TPSA) is 32.3 Å². The van der Waals surface area contributed by atoms with Crippen LogP contribution in [0.5, 0.6) is 0 Å². The molecule has 0 aromatic heterocycles. The van der Waals surface area contributed by atoms with Gasteiger partial charge in [-0.15, -0.1) is 0 Å². The van der Waals surface area contributed by atoms with Gasteiger partial charge in [0.2, 0.25) is 0 Å². The van der Waals surface area contributed by atoms with E-state index in [9.17, 15) is 4.79 Å². The SMILES string of the molecule is CN(CCCNC(=O)c1ccccc1Br)Cc1ccccc1. The average molecular weight is 361 g/mol. The van der Waals surface area contributed by atoms with Crippen LogP contribution in [0.1, 0.15) is 22.3 Å². The summed E-state index contributed by atoms with van der Waals surface area (Å²) in [6.45, 7) is 2.56. The van der Waals surface area contributed by atoms with Crippen LogP contribution in [0.3, 0.4) is 0 Å². The molecular weight excluding hydrogens is 340 g/mol. The van der Waals surface area contributed by atoms with E-state index < -0.39 is 0 Å². The minimum absolute atomic E-state index is 0.0295. The summed E-state index contributed by atoms with van der Waals surface area (Å²) >= 11 is 3.40. The Balaban J connectivity index is 1.69. The third kappa shape index (κ3) is 5.28. The Morgan fingerprint density at radius 1 is 1.09 bits per heavy atom. The molecule has 2 aromatic carbocycles. The minimum atomic E-state index is -0.0295. The van der Waals surface area contributed by atoms with Crippen LogP contribution in [0.4, 0.5) is 0 Å². The van der Waals surface area contributed by atoms with Gasteiger partial charge >= 0.3 is 0 Å². The van der Waals surface area contributed by atoms with E-state index in [1.807, 2.05) is 30.3 Å². The van der Waals surface area contributed by atoms with Gasteiger partial charge in [0, 0.05) is 17.6 Å². The molecule has 4 heteroatoms. The van der Waals surface area contributed by atoms with E-state index in [0.29, 0.717) is 12.1 Å². The molecule has 0 saturated heterocycles. The number of hydrogen-bond acceptors (Lipinski definition) is 2. The van der Waals surface area contributed by atoms with E-state index in [1.165, 1.54) is 5.56 Å². The predicted octanol–water partition coefficient (Wildman–Crippen LogP) is 3.70. The third-order valence-corrected chi connectivity index (χ3v) is 4.11. The summed E-state index contributed by atoms with van der Waals surface area (Å²) in [4.78, 5) is 14.3. The molecule has 0 unspecified atom stereocenters. The van der Waals surface area contributed by atoms with Crippen molar-refractivity contribution in [2.45, 2.75) is 13.0 Å². The van der Waals surface area contributed by atoms with Crippen LogP contribution < -0.4 is 5.32 Å². The zero-order valence-corrected chi connectivity index (χ0v) is 14.3. The summed E-state index contributed by atoms with van der Waals surface area (Å²) in [7, 11) is 2.10. The molecule has 0 atom stereocenters. The predicted molar refractivity (Wildman–Crippen MR) is 93.9 cm³/mol. The monoisotopic (exact) mass is 360 g/mol. The highest BCUT2D eigenvalue weighted by Gasteiger charge is 2.08. The molecule has 0 aliphatic rings. The van der Waals surface area contributed by atoms with Gasteiger partial charge in [0.1, 0.15) is 0 Å². The van der Waals surface area contributed by atoms with E-state index in [2.05, 4.69) is 57.5 Å². The van der Waals surface area contributed by atoms with Crippen LogP contribution in [0, 0.1) is 0 Å². The molecule has 116 valence electrons. The lowest BCUT2D eigenvalue weighted by atomic mass is 10.2. The van der Waals surface area contributed by atoms with Crippen molar-refractivity contribution >= 4 is 21.8 Å². The van der Waals surface area contributed by atoms with Gasteiger partial charge in [-0.2, -0.15) is 0 Å². The molecule has 0 aliphatic heterocycles. The van der Waals surface area contributed by atoms with Crippen molar-refractivity contribution in [3.05, 3.63) is 70.2 Å². The highest BCUT2D eigenvalue weighted by atomic mass is 79.9. The molecule has 3 nitrogen and oxygen atoms in total. The molecule has 22 heavy (non-hydrogen) atoms. The van der Waals surface area contributed by atoms with Crippen LogP contribution in [0.15, 0.2) is 59.1 Å². The van der Waals surface area contributed by atoms with E-state index in [0.717, 1.165) is 24.0 Å². The van der Waals surface area contributed by atoms with Gasteiger partial charge in [0.05, 0.1) is 5.56 Å². The zero-order chi connectivity index (χ0) is 15.8. The normalized spacial score (nSPS) is 10.7. The highest BCUT2D eigenvalue weighted by Crippen LogP contribution is 2.15. The largest absolute Gasteiger partial charge is 0.352 e. The number of benzene rings is 2. The number of carbonyl (C=O) groups is 1. The van der Waals surface area contributed by atoms with E-state index in [4.69, 9.17) is 0 Å². The van der Waals surface area contributed by atoms with Gasteiger partial charge in [-0.25, -0.2) is 0 Å². The quantitative estimate of drug-likeness (QED) is 0.763. The average Bonchev–Trinajstić information content (AvgIpc) is 2.53. The van der Waals surface area contributed by atoms with Crippen LogP contribution >= 0.6 is 15.9 Å². The molecule has 1 N–H and O–H groups in total. The maximum Gasteiger partial charge on any atom is 0.252 e. The van der Waals surface area contributed by atoms with Crippen molar-refractivity contribution in [2.24, 2.45) is 0 Å². The second-order valence-electron chi connectivity index (χ2n) is 5.31. The zero-order valence-electron chi connectivity index (χ0n) is 12.8. The van der Waals surface area contributed by atoms with Crippen LogP contribution in [-0.2, 0) is 6.54 Å². The fourth-order valence-electron chi connectivity index (χ4n) is 2.27. The minimum Gasteiger partial charge on any atom is -0.352 e. The molecule has 0 heterocycles. The standard InChI is InChI=1S/C18H21BrN2O/c1-21(14-15-8-3-2-4-9-15)13-7-12-20-18(22)16-10-5-6-11-17(16)19/h2-6,8-11H,7,12-14H2,1H3,(H,20,22). The van der Waals surface area contributed by atoms with E-state index in [-0.39, 0.29) is 5.91 Å². The Morgan fingerprint density at radius 3 is 2.50 bits per heavy atom. The Labute approximate surface area is 140 Å². The van der Waals surface area contributed by atoms with Crippen molar-refractivity contribution in [1.29, 1.82) is 0 Å². The van der Waals surface area contributed by atoms with Crippen molar-refractivity contribution in [1.82, 2.24) is 10.2 Å². The number of hydrogen-bond donors (Lipinski definition) is 1. The van der Waals surface area contributed by atoms with E-state index >= 15 is 0 Å². The van der Waals surface area contributed by atoms with Crippen LogP contribution in [-0.4, -0.2) is 30.9 Å². The second kappa shape index (κ2) is 8.71. The summed E-state index contributed by atoms with van der Waals surface area (Å²) in [6.07, 6.45) is 0.930. The Bertz CT molecular complexity index is 601. The number of carbonyl (C=O) groups excluding carboxylic acids is 1. The molecule has 0 aliphatic carbocycles. The number of amides is 1. The van der Waals surface area contributed by atoms with Crippen LogP contribution in [0.25, 0.3) is 0 Å². The van der Waals surface area contributed by atoms with Crippen molar-refractivity contribution < 1.29 is 4.79 Å². The second-order valence-corrected chi connectivity index (χ2v) is 6.17. The van der Waals surface area contributed by atoms with Gasteiger partial charge in [0.25, 0.3) is 5.91 Å². The van der Waals surface area contributed by atoms with Gasteiger partial charge in [0.15, 0.2) is 0 Å². The molecule has 1 amide bonds. The van der Waals surface area contributed by atoms with E-state index in [1.54, 1.807) is 0 Å². The molecule has 0 bridgehead atoms. The van der Waals surface area contributed by atoms with Crippen molar-refractivity contribution in [3.63, 3.8) is 0 Å². The summed E-state index contributed by atoms with van der Waals surface area (Å²) in [6, 6.07) is 17.9. The smallest absolute Gasteiger partial charge is 0.252 e. The third-order valence-electron chi connectivity index (χ3n) is 3.42.